The molecule has 7 heteroatoms. The van der Waals surface area contributed by atoms with E-state index < -0.39 is 0 Å². The first-order valence-electron chi connectivity index (χ1n) is 7.73. The molecule has 1 N–H and O–H groups in total. The topological polar surface area (TPSA) is 70.3 Å². The third kappa shape index (κ3) is 4.46. The monoisotopic (exact) mass is 296 g/mol. The highest BCUT2D eigenvalue weighted by molar-refractivity contribution is 4.85. The van der Waals surface area contributed by atoms with E-state index in [1.807, 2.05) is 0 Å². The second-order valence-electron chi connectivity index (χ2n) is 6.89. The second kappa shape index (κ2) is 6.81. The van der Waals surface area contributed by atoms with Crippen LogP contribution in [0.25, 0.3) is 0 Å². The maximum atomic E-state index is 9.32. The van der Waals surface area contributed by atoms with E-state index in [0.717, 1.165) is 31.8 Å². The van der Waals surface area contributed by atoms with E-state index in [0.29, 0.717) is 19.1 Å². The number of hydrogen-bond donors (Lipinski definition) is 1. The fraction of sp³-hybridized carbons (Fsp3) is 0.929. The third-order valence-corrected chi connectivity index (χ3v) is 3.99. The maximum absolute atomic E-state index is 9.32. The summed E-state index contributed by atoms with van der Waals surface area (Å²) in [4.78, 5) is 6.30. The molecule has 1 aromatic heterocycles. The van der Waals surface area contributed by atoms with Crippen molar-refractivity contribution >= 4 is 0 Å². The number of nitrogens with zero attached hydrogens (tertiary/aromatic N) is 6. The average molecular weight is 296 g/mol. The van der Waals surface area contributed by atoms with E-state index in [1.54, 1.807) is 4.80 Å². The molecule has 7 nitrogen and oxygen atoms in total. The van der Waals surface area contributed by atoms with Crippen LogP contribution in [0.2, 0.25) is 0 Å². The molecular weight excluding hydrogens is 268 g/mol. The van der Waals surface area contributed by atoms with Crippen LogP contribution in [0.5, 0.6) is 0 Å². The Hall–Kier alpha value is -1.05. The minimum absolute atomic E-state index is 0.152. The Labute approximate surface area is 126 Å². The molecule has 1 saturated heterocycles. The van der Waals surface area contributed by atoms with E-state index in [4.69, 9.17) is 0 Å². The first-order valence-corrected chi connectivity index (χ1v) is 7.73. The van der Waals surface area contributed by atoms with Gasteiger partial charge in [-0.05, 0) is 59.0 Å². The Kier molecular flexibility index (Phi) is 5.29. The minimum Gasteiger partial charge on any atom is -0.395 e. The molecule has 1 aromatic rings. The summed E-state index contributed by atoms with van der Waals surface area (Å²) in [6, 6.07) is 0.495. The summed E-state index contributed by atoms with van der Waals surface area (Å²) in [6.45, 7) is 9.87. The van der Waals surface area contributed by atoms with Crippen molar-refractivity contribution in [3.63, 3.8) is 0 Å². The lowest BCUT2D eigenvalue weighted by atomic mass is 10.0. The maximum Gasteiger partial charge on any atom is 0.188 e. The van der Waals surface area contributed by atoms with Gasteiger partial charge in [0.05, 0.1) is 18.7 Å². The zero-order valence-electron chi connectivity index (χ0n) is 13.7. The number of aromatic nitrogens is 4. The fourth-order valence-electron chi connectivity index (χ4n) is 2.65. The predicted molar refractivity (Wildman–Crippen MR) is 80.8 cm³/mol. The molecule has 0 amide bonds. The standard InChI is InChI=1S/C14H28N6O/c1-14(2,3)20-16-13(15-17-20)11-19(9-10-21)12-5-7-18(4)8-6-12/h12,21H,5-11H2,1-4H3. The zero-order valence-corrected chi connectivity index (χ0v) is 13.7. The van der Waals surface area contributed by atoms with Gasteiger partial charge in [-0.15, -0.1) is 10.2 Å². The van der Waals surface area contributed by atoms with Crippen LogP contribution in [0, 0.1) is 0 Å². The van der Waals surface area contributed by atoms with Crippen molar-refractivity contribution in [3.05, 3.63) is 5.82 Å². The van der Waals surface area contributed by atoms with Crippen molar-refractivity contribution in [2.24, 2.45) is 0 Å². The van der Waals surface area contributed by atoms with Gasteiger partial charge in [0.1, 0.15) is 0 Å². The van der Waals surface area contributed by atoms with Crippen LogP contribution in [0.4, 0.5) is 0 Å². The molecule has 0 atom stereocenters. The van der Waals surface area contributed by atoms with Gasteiger partial charge in [-0.3, -0.25) is 4.90 Å². The quantitative estimate of drug-likeness (QED) is 0.844. The summed E-state index contributed by atoms with van der Waals surface area (Å²) in [5, 5.41) is 22.1. The lowest BCUT2D eigenvalue weighted by Crippen LogP contribution is -2.44. The Bertz CT molecular complexity index is 433. The van der Waals surface area contributed by atoms with Gasteiger partial charge in [0, 0.05) is 12.6 Å². The van der Waals surface area contributed by atoms with Crippen molar-refractivity contribution < 1.29 is 5.11 Å². The Morgan fingerprint density at radius 2 is 1.95 bits per heavy atom. The Morgan fingerprint density at radius 3 is 2.48 bits per heavy atom. The van der Waals surface area contributed by atoms with Gasteiger partial charge in [-0.25, -0.2) is 0 Å². The summed E-state index contributed by atoms with van der Waals surface area (Å²) in [6.07, 6.45) is 2.26. The lowest BCUT2D eigenvalue weighted by Gasteiger charge is -2.36. The molecule has 0 bridgehead atoms. The number of rotatable bonds is 5. The smallest absolute Gasteiger partial charge is 0.188 e. The highest BCUT2D eigenvalue weighted by Gasteiger charge is 2.25. The normalized spacial score (nSPS) is 18.6. The van der Waals surface area contributed by atoms with Crippen LogP contribution in [0.1, 0.15) is 39.4 Å². The summed E-state index contributed by atoms with van der Waals surface area (Å²) >= 11 is 0. The molecular formula is C14H28N6O. The van der Waals surface area contributed by atoms with Crippen LogP contribution < -0.4 is 0 Å². The Morgan fingerprint density at radius 1 is 1.29 bits per heavy atom. The largest absolute Gasteiger partial charge is 0.395 e. The van der Waals surface area contributed by atoms with Gasteiger partial charge >= 0.3 is 0 Å². The average Bonchev–Trinajstić information content (AvgIpc) is 2.88. The van der Waals surface area contributed by atoms with Gasteiger partial charge < -0.3 is 10.0 Å². The fourth-order valence-corrected chi connectivity index (χ4v) is 2.65. The van der Waals surface area contributed by atoms with Gasteiger partial charge in [0.25, 0.3) is 0 Å². The first kappa shape index (κ1) is 16.3. The summed E-state index contributed by atoms with van der Waals surface area (Å²) in [7, 11) is 2.16. The molecule has 1 fully saturated rings. The highest BCUT2D eigenvalue weighted by atomic mass is 16.3. The van der Waals surface area contributed by atoms with Crippen LogP contribution in [-0.2, 0) is 12.1 Å². The van der Waals surface area contributed by atoms with Gasteiger partial charge in [-0.1, -0.05) is 0 Å². The van der Waals surface area contributed by atoms with Crippen molar-refractivity contribution in [2.45, 2.75) is 51.7 Å². The molecule has 0 saturated carbocycles. The summed E-state index contributed by atoms with van der Waals surface area (Å²) in [5.74, 6) is 0.734. The van der Waals surface area contributed by atoms with Crippen molar-refractivity contribution in [1.29, 1.82) is 0 Å². The van der Waals surface area contributed by atoms with Crippen molar-refractivity contribution in [1.82, 2.24) is 30.0 Å². The highest BCUT2D eigenvalue weighted by Crippen LogP contribution is 2.17. The molecule has 0 aromatic carbocycles. The zero-order chi connectivity index (χ0) is 15.5. The van der Waals surface area contributed by atoms with E-state index >= 15 is 0 Å². The predicted octanol–water partition coefficient (Wildman–Crippen LogP) is 0.317. The molecule has 120 valence electrons. The molecule has 1 aliphatic heterocycles. The Balaban J connectivity index is 2.00. The lowest BCUT2D eigenvalue weighted by molar-refractivity contribution is 0.0917. The second-order valence-corrected chi connectivity index (χ2v) is 6.89. The molecule has 0 aliphatic carbocycles. The molecule has 1 aliphatic rings. The number of aliphatic hydroxyl groups is 1. The third-order valence-electron chi connectivity index (χ3n) is 3.99. The van der Waals surface area contributed by atoms with E-state index in [-0.39, 0.29) is 12.1 Å². The number of tetrazole rings is 1. The molecule has 2 rings (SSSR count). The minimum atomic E-state index is -0.152. The number of likely N-dealkylation sites (tertiary alicyclic amines) is 1. The van der Waals surface area contributed by atoms with Gasteiger partial charge in [0.15, 0.2) is 5.82 Å². The molecule has 0 radical (unpaired) electrons. The number of aliphatic hydroxyl groups excluding tert-OH is 1. The molecule has 0 unspecified atom stereocenters. The van der Waals surface area contributed by atoms with E-state index in [1.165, 1.54) is 0 Å². The first-order chi connectivity index (χ1) is 9.90. The van der Waals surface area contributed by atoms with Crippen molar-refractivity contribution in [2.75, 3.05) is 33.3 Å². The summed E-state index contributed by atoms with van der Waals surface area (Å²) in [5.41, 5.74) is -0.152. The van der Waals surface area contributed by atoms with Crippen LogP contribution in [-0.4, -0.2) is 74.4 Å². The van der Waals surface area contributed by atoms with Crippen LogP contribution in [0.15, 0.2) is 0 Å². The van der Waals surface area contributed by atoms with Gasteiger partial charge in [-0.2, -0.15) is 4.80 Å². The number of hydrogen-bond acceptors (Lipinski definition) is 6. The molecule has 0 spiro atoms. The molecule has 21 heavy (non-hydrogen) atoms. The van der Waals surface area contributed by atoms with E-state index in [9.17, 15) is 5.11 Å². The SMILES string of the molecule is CN1CCC(N(CCO)Cc2nnn(C(C)(C)C)n2)CC1. The summed E-state index contributed by atoms with van der Waals surface area (Å²) < 4.78 is 0. The molecule has 2 heterocycles. The van der Waals surface area contributed by atoms with E-state index in [2.05, 4.69) is 53.0 Å². The van der Waals surface area contributed by atoms with Crippen molar-refractivity contribution in [3.8, 4) is 0 Å². The van der Waals surface area contributed by atoms with Crippen LogP contribution in [0.3, 0.4) is 0 Å². The number of piperidine rings is 1. The van der Waals surface area contributed by atoms with Crippen LogP contribution >= 0.6 is 0 Å². The van der Waals surface area contributed by atoms with Gasteiger partial charge in [0.2, 0.25) is 0 Å².